The van der Waals surface area contributed by atoms with E-state index in [1.807, 2.05) is 28.8 Å². The molecule has 0 spiro atoms. The number of carbonyl (C=O) groups is 2. The highest BCUT2D eigenvalue weighted by atomic mass is 32.1. The summed E-state index contributed by atoms with van der Waals surface area (Å²) in [7, 11) is 0. The molecule has 36 heavy (non-hydrogen) atoms. The number of carbonyl (C=O) groups excluding carboxylic acids is 1. The van der Waals surface area contributed by atoms with Crippen molar-refractivity contribution >= 4 is 46.5 Å². The number of fused-ring (bicyclic) bond motifs is 1. The smallest absolute Gasteiger partial charge is 0.335 e. The maximum Gasteiger partial charge on any atom is 0.335 e. The number of nitrogens with one attached hydrogen (secondary N) is 2. The number of hydrogen-bond acceptors (Lipinski definition) is 4. The molecule has 0 atom stereocenters. The quantitative estimate of drug-likeness (QED) is 0.292. The predicted octanol–water partition coefficient (Wildman–Crippen LogP) is 5.98. The van der Waals surface area contributed by atoms with Crippen LogP contribution in [0.25, 0.3) is 16.6 Å². The minimum absolute atomic E-state index is 0.123. The molecule has 4 aromatic rings. The second-order valence-electron chi connectivity index (χ2n) is 8.76. The maximum absolute atomic E-state index is 13.7. The highest BCUT2D eigenvalue weighted by molar-refractivity contribution is 7.71. The lowest BCUT2D eigenvalue weighted by Gasteiger charge is -2.21. The molecular weight excluding hydrogens is 476 g/mol. The van der Waals surface area contributed by atoms with Crippen LogP contribution in [0.3, 0.4) is 0 Å². The fourth-order valence-electron chi connectivity index (χ4n) is 4.72. The summed E-state index contributed by atoms with van der Waals surface area (Å²) in [5.41, 5.74) is 2.11. The Bertz CT molecular complexity index is 1570. The van der Waals surface area contributed by atoms with Gasteiger partial charge in [0.25, 0.3) is 5.56 Å². The van der Waals surface area contributed by atoms with Gasteiger partial charge in [-0.3, -0.25) is 9.36 Å². The summed E-state index contributed by atoms with van der Waals surface area (Å²) < 4.78 is 3.83. The number of aromatic carboxylic acids is 1. The first-order valence-corrected chi connectivity index (χ1v) is 12.1. The number of aromatic nitrogens is 2. The minimum Gasteiger partial charge on any atom is -0.478 e. The van der Waals surface area contributed by atoms with Gasteiger partial charge in [-0.2, -0.15) is 0 Å². The van der Waals surface area contributed by atoms with Crippen LogP contribution in [0.15, 0.2) is 77.6 Å². The third-order valence-electron chi connectivity index (χ3n) is 6.44. The normalized spacial score (nSPS) is 13.6. The van der Waals surface area contributed by atoms with Crippen molar-refractivity contribution in [3.8, 4) is 5.69 Å². The molecule has 1 aromatic heterocycles. The van der Waals surface area contributed by atoms with Crippen LogP contribution >= 0.6 is 12.2 Å². The van der Waals surface area contributed by atoms with Gasteiger partial charge in [-0.25, -0.2) is 9.59 Å². The van der Waals surface area contributed by atoms with Gasteiger partial charge in [0.1, 0.15) is 0 Å². The largest absolute Gasteiger partial charge is 0.478 e. The summed E-state index contributed by atoms with van der Waals surface area (Å²) in [5.74, 6) is -1.04. The lowest BCUT2D eigenvalue weighted by molar-refractivity contribution is 0.0697. The van der Waals surface area contributed by atoms with Crippen molar-refractivity contribution in [2.24, 2.45) is 0 Å². The Morgan fingerprint density at radius 3 is 2.22 bits per heavy atom. The molecule has 1 heterocycles. The number of para-hydroxylation sites is 1. The molecule has 5 rings (SSSR count). The van der Waals surface area contributed by atoms with Crippen molar-refractivity contribution < 1.29 is 14.7 Å². The molecule has 3 aromatic carbocycles. The Hall–Kier alpha value is -4.24. The number of urea groups is 1. The van der Waals surface area contributed by atoms with E-state index in [1.54, 1.807) is 36.4 Å². The SMILES string of the molecule is O=C(Nc1ccccc1)Nc1ccc2c(c1)c(=O)n(-c1ccc(C(=O)O)cc1)c(=S)n2C1CCCC1. The fraction of sp³-hybridized carbons (Fsp3) is 0.185. The topological polar surface area (TPSA) is 105 Å². The van der Waals surface area contributed by atoms with Gasteiger partial charge in [-0.05, 0) is 79.7 Å². The molecule has 1 aliphatic rings. The zero-order chi connectivity index (χ0) is 25.2. The van der Waals surface area contributed by atoms with Crippen molar-refractivity contribution in [1.29, 1.82) is 0 Å². The molecule has 0 saturated heterocycles. The number of amides is 2. The Kier molecular flexibility index (Phi) is 6.39. The van der Waals surface area contributed by atoms with Crippen LogP contribution in [-0.2, 0) is 0 Å². The summed E-state index contributed by atoms with van der Waals surface area (Å²) in [6, 6.07) is 20.1. The molecule has 182 valence electrons. The number of rotatable bonds is 5. The van der Waals surface area contributed by atoms with Crippen molar-refractivity contribution in [3.05, 3.63) is 93.5 Å². The van der Waals surface area contributed by atoms with Crippen LogP contribution in [0.4, 0.5) is 16.2 Å². The number of nitrogens with zero attached hydrogens (tertiary/aromatic N) is 2. The van der Waals surface area contributed by atoms with Gasteiger partial charge in [0.05, 0.1) is 22.2 Å². The first-order valence-electron chi connectivity index (χ1n) is 11.7. The van der Waals surface area contributed by atoms with E-state index in [4.69, 9.17) is 12.2 Å². The lowest BCUT2D eigenvalue weighted by atomic mass is 10.1. The highest BCUT2D eigenvalue weighted by Crippen LogP contribution is 2.33. The Morgan fingerprint density at radius 1 is 0.889 bits per heavy atom. The summed E-state index contributed by atoms with van der Waals surface area (Å²) in [6.07, 6.45) is 4.08. The summed E-state index contributed by atoms with van der Waals surface area (Å²) in [4.78, 5) is 37.5. The van der Waals surface area contributed by atoms with Crippen LogP contribution in [0.2, 0.25) is 0 Å². The van der Waals surface area contributed by atoms with Crippen molar-refractivity contribution in [3.63, 3.8) is 0 Å². The van der Waals surface area contributed by atoms with Crippen LogP contribution in [-0.4, -0.2) is 26.2 Å². The number of carboxylic acid groups (broad SMARTS) is 1. The minimum atomic E-state index is -1.04. The average molecular weight is 501 g/mol. The van der Waals surface area contributed by atoms with E-state index in [2.05, 4.69) is 10.6 Å². The highest BCUT2D eigenvalue weighted by Gasteiger charge is 2.22. The number of anilines is 2. The van der Waals surface area contributed by atoms with Crippen LogP contribution in [0.5, 0.6) is 0 Å². The Balaban J connectivity index is 1.61. The summed E-state index contributed by atoms with van der Waals surface area (Å²) in [6.45, 7) is 0. The van der Waals surface area contributed by atoms with E-state index in [-0.39, 0.29) is 17.2 Å². The van der Waals surface area contributed by atoms with E-state index >= 15 is 0 Å². The molecule has 8 nitrogen and oxygen atoms in total. The predicted molar refractivity (Wildman–Crippen MR) is 142 cm³/mol. The third-order valence-corrected chi connectivity index (χ3v) is 6.82. The lowest BCUT2D eigenvalue weighted by Crippen LogP contribution is -2.26. The van der Waals surface area contributed by atoms with Crippen LogP contribution in [0.1, 0.15) is 42.1 Å². The average Bonchev–Trinajstić information content (AvgIpc) is 3.40. The van der Waals surface area contributed by atoms with Gasteiger partial charge in [-0.15, -0.1) is 0 Å². The second-order valence-corrected chi connectivity index (χ2v) is 9.13. The van der Waals surface area contributed by atoms with E-state index in [0.29, 0.717) is 32.7 Å². The zero-order valence-electron chi connectivity index (χ0n) is 19.3. The van der Waals surface area contributed by atoms with Gasteiger partial charge >= 0.3 is 12.0 Å². The fourth-order valence-corrected chi connectivity index (χ4v) is 5.16. The van der Waals surface area contributed by atoms with Crippen LogP contribution in [0, 0.1) is 4.77 Å². The van der Waals surface area contributed by atoms with Gasteiger partial charge in [0.15, 0.2) is 4.77 Å². The van der Waals surface area contributed by atoms with E-state index in [9.17, 15) is 19.5 Å². The van der Waals surface area contributed by atoms with Crippen LogP contribution < -0.4 is 16.2 Å². The first kappa shape index (κ1) is 23.5. The standard InChI is InChI=1S/C27H24N4O4S/c32-24-22-16-19(29-26(35)28-18-6-2-1-3-7-18)12-15-23(22)30(20-8-4-5-9-20)27(36)31(24)21-13-10-17(11-14-21)25(33)34/h1-3,6-7,10-16,20H,4-5,8-9H2,(H,33,34)(H2,28,29,35). The van der Waals surface area contributed by atoms with Crippen molar-refractivity contribution in [1.82, 2.24) is 9.13 Å². The number of carboxylic acids is 1. The number of benzene rings is 3. The molecule has 1 aliphatic carbocycles. The van der Waals surface area contributed by atoms with Gasteiger partial charge in [0.2, 0.25) is 0 Å². The molecule has 0 aliphatic heterocycles. The molecule has 9 heteroatoms. The van der Waals surface area contributed by atoms with E-state index < -0.39 is 12.0 Å². The van der Waals surface area contributed by atoms with Gasteiger partial charge in [0, 0.05) is 17.4 Å². The zero-order valence-corrected chi connectivity index (χ0v) is 20.1. The van der Waals surface area contributed by atoms with E-state index in [1.165, 1.54) is 16.7 Å². The molecule has 0 radical (unpaired) electrons. The molecule has 0 bridgehead atoms. The second kappa shape index (κ2) is 9.79. The first-order chi connectivity index (χ1) is 17.4. The molecule has 3 N–H and O–H groups in total. The number of hydrogen-bond donors (Lipinski definition) is 3. The molecule has 2 amide bonds. The summed E-state index contributed by atoms with van der Waals surface area (Å²) >= 11 is 5.82. The van der Waals surface area contributed by atoms with Gasteiger partial charge in [-0.1, -0.05) is 31.0 Å². The molecule has 1 fully saturated rings. The molecular formula is C27H24N4O4S. The Morgan fingerprint density at radius 2 is 1.56 bits per heavy atom. The van der Waals surface area contributed by atoms with Gasteiger partial charge < -0.3 is 20.3 Å². The van der Waals surface area contributed by atoms with E-state index in [0.717, 1.165) is 25.7 Å². The van der Waals surface area contributed by atoms with Crippen molar-refractivity contribution in [2.45, 2.75) is 31.7 Å². The molecule has 1 saturated carbocycles. The third kappa shape index (κ3) is 4.52. The summed E-state index contributed by atoms with van der Waals surface area (Å²) in [5, 5.41) is 15.2. The maximum atomic E-state index is 13.7. The Labute approximate surface area is 211 Å². The molecule has 0 unspecified atom stereocenters. The monoisotopic (exact) mass is 500 g/mol. The van der Waals surface area contributed by atoms with Crippen molar-refractivity contribution in [2.75, 3.05) is 10.6 Å².